The Kier molecular flexibility index (Phi) is 2.32. The first-order valence-corrected chi connectivity index (χ1v) is 4.38. The SMILES string of the molecule is COc1ccc([N+](=O)[O-])c2ccc(=O)oc12. The van der Waals surface area contributed by atoms with Crippen molar-refractivity contribution in [2.24, 2.45) is 0 Å². The summed E-state index contributed by atoms with van der Waals surface area (Å²) in [7, 11) is 1.40. The second kappa shape index (κ2) is 3.65. The third kappa shape index (κ3) is 1.50. The Bertz CT molecular complexity index is 616. The highest BCUT2D eigenvalue weighted by molar-refractivity contribution is 5.90. The van der Waals surface area contributed by atoms with Crippen LogP contribution in [-0.4, -0.2) is 12.0 Å². The lowest BCUT2D eigenvalue weighted by molar-refractivity contribution is -0.383. The lowest BCUT2D eigenvalue weighted by atomic mass is 10.2. The van der Waals surface area contributed by atoms with Crippen LogP contribution in [0.3, 0.4) is 0 Å². The monoisotopic (exact) mass is 221 g/mol. The number of benzene rings is 1. The predicted molar refractivity (Wildman–Crippen MR) is 55.7 cm³/mol. The summed E-state index contributed by atoms with van der Waals surface area (Å²) in [6, 6.07) is 5.18. The summed E-state index contributed by atoms with van der Waals surface area (Å²) in [5.41, 5.74) is -0.616. The van der Waals surface area contributed by atoms with Gasteiger partial charge in [-0.3, -0.25) is 10.1 Å². The molecule has 16 heavy (non-hydrogen) atoms. The summed E-state index contributed by atoms with van der Waals surface area (Å²) >= 11 is 0. The number of hydrogen-bond donors (Lipinski definition) is 0. The molecule has 2 rings (SSSR count). The summed E-state index contributed by atoms with van der Waals surface area (Å²) < 4.78 is 9.85. The minimum absolute atomic E-state index is 0.0872. The summed E-state index contributed by atoms with van der Waals surface area (Å²) in [6.45, 7) is 0. The van der Waals surface area contributed by atoms with E-state index < -0.39 is 10.5 Å². The van der Waals surface area contributed by atoms with Gasteiger partial charge < -0.3 is 9.15 Å². The van der Waals surface area contributed by atoms with E-state index in [-0.39, 0.29) is 16.7 Å². The molecule has 0 aliphatic heterocycles. The highest BCUT2D eigenvalue weighted by Gasteiger charge is 2.16. The van der Waals surface area contributed by atoms with Gasteiger partial charge in [-0.25, -0.2) is 4.79 Å². The Labute approximate surface area is 89.2 Å². The highest BCUT2D eigenvalue weighted by Crippen LogP contribution is 2.31. The Hall–Kier alpha value is -2.37. The van der Waals surface area contributed by atoms with Crippen molar-refractivity contribution in [2.75, 3.05) is 7.11 Å². The molecule has 0 aliphatic carbocycles. The van der Waals surface area contributed by atoms with E-state index in [1.54, 1.807) is 0 Å². The molecular weight excluding hydrogens is 214 g/mol. The van der Waals surface area contributed by atoms with Gasteiger partial charge in [0.2, 0.25) is 0 Å². The van der Waals surface area contributed by atoms with Crippen LogP contribution in [0.15, 0.2) is 33.5 Å². The molecule has 0 fully saturated rings. The van der Waals surface area contributed by atoms with Crippen molar-refractivity contribution in [1.29, 1.82) is 0 Å². The van der Waals surface area contributed by atoms with E-state index in [0.717, 1.165) is 6.07 Å². The number of rotatable bonds is 2. The fourth-order valence-electron chi connectivity index (χ4n) is 1.44. The molecule has 1 heterocycles. The van der Waals surface area contributed by atoms with Crippen molar-refractivity contribution in [3.8, 4) is 5.75 Å². The smallest absolute Gasteiger partial charge is 0.336 e. The van der Waals surface area contributed by atoms with Crippen LogP contribution in [-0.2, 0) is 0 Å². The van der Waals surface area contributed by atoms with Gasteiger partial charge in [-0.05, 0) is 12.1 Å². The zero-order chi connectivity index (χ0) is 11.7. The zero-order valence-electron chi connectivity index (χ0n) is 8.30. The van der Waals surface area contributed by atoms with Gasteiger partial charge in [-0.1, -0.05) is 0 Å². The minimum atomic E-state index is -0.578. The fraction of sp³-hybridized carbons (Fsp3) is 0.100. The van der Waals surface area contributed by atoms with Gasteiger partial charge in [0.1, 0.15) is 0 Å². The molecule has 2 aromatic rings. The van der Waals surface area contributed by atoms with E-state index in [1.165, 1.54) is 25.3 Å². The Morgan fingerprint density at radius 1 is 1.31 bits per heavy atom. The van der Waals surface area contributed by atoms with Gasteiger partial charge in [-0.2, -0.15) is 0 Å². The lowest BCUT2D eigenvalue weighted by Gasteiger charge is -2.03. The molecular formula is C10H7NO5. The van der Waals surface area contributed by atoms with Gasteiger partial charge in [0.15, 0.2) is 11.3 Å². The second-order valence-electron chi connectivity index (χ2n) is 3.04. The van der Waals surface area contributed by atoms with Crippen LogP contribution in [0, 0.1) is 10.1 Å². The van der Waals surface area contributed by atoms with Gasteiger partial charge in [-0.15, -0.1) is 0 Å². The van der Waals surface area contributed by atoms with Crippen molar-refractivity contribution < 1.29 is 14.1 Å². The summed E-state index contributed by atoms with van der Waals surface area (Å²) in [5.74, 6) is 0.290. The molecule has 0 amide bonds. The first-order chi connectivity index (χ1) is 7.63. The number of fused-ring (bicyclic) bond motifs is 1. The van der Waals surface area contributed by atoms with Crippen LogP contribution >= 0.6 is 0 Å². The zero-order valence-corrected chi connectivity index (χ0v) is 8.30. The molecule has 82 valence electrons. The van der Waals surface area contributed by atoms with E-state index in [9.17, 15) is 14.9 Å². The van der Waals surface area contributed by atoms with Gasteiger partial charge in [0, 0.05) is 12.1 Å². The average Bonchev–Trinajstić information content (AvgIpc) is 2.27. The van der Waals surface area contributed by atoms with E-state index >= 15 is 0 Å². The van der Waals surface area contributed by atoms with Crippen LogP contribution in [0.1, 0.15) is 0 Å². The molecule has 0 unspecified atom stereocenters. The maximum absolute atomic E-state index is 11.0. The highest BCUT2D eigenvalue weighted by atomic mass is 16.6. The molecule has 6 heteroatoms. The average molecular weight is 221 g/mol. The predicted octanol–water partition coefficient (Wildman–Crippen LogP) is 1.71. The number of ether oxygens (including phenoxy) is 1. The molecule has 0 radical (unpaired) electrons. The largest absolute Gasteiger partial charge is 0.493 e. The van der Waals surface area contributed by atoms with Crippen molar-refractivity contribution in [3.63, 3.8) is 0 Å². The van der Waals surface area contributed by atoms with Crippen LogP contribution < -0.4 is 10.4 Å². The van der Waals surface area contributed by atoms with E-state index in [2.05, 4.69) is 0 Å². The molecule has 1 aromatic heterocycles. The number of nitro groups is 1. The molecule has 0 saturated carbocycles. The summed E-state index contributed by atoms with van der Waals surface area (Å²) in [5, 5.41) is 11.0. The van der Waals surface area contributed by atoms with Crippen molar-refractivity contribution >= 4 is 16.7 Å². The molecule has 0 aliphatic rings. The first kappa shape index (κ1) is 10.2. The molecule has 0 spiro atoms. The summed E-state index contributed by atoms with van der Waals surface area (Å²) in [6.07, 6.45) is 0. The normalized spacial score (nSPS) is 10.3. The van der Waals surface area contributed by atoms with Gasteiger partial charge >= 0.3 is 5.63 Å². The Morgan fingerprint density at radius 2 is 2.06 bits per heavy atom. The Balaban J connectivity index is 2.90. The molecule has 6 nitrogen and oxygen atoms in total. The van der Waals surface area contributed by atoms with Crippen molar-refractivity contribution in [1.82, 2.24) is 0 Å². The second-order valence-corrected chi connectivity index (χ2v) is 3.04. The van der Waals surface area contributed by atoms with Gasteiger partial charge in [0.05, 0.1) is 17.4 Å². The minimum Gasteiger partial charge on any atom is -0.493 e. The number of nitro benzene ring substituents is 1. The number of methoxy groups -OCH3 is 1. The van der Waals surface area contributed by atoms with E-state index in [1.807, 2.05) is 0 Å². The Morgan fingerprint density at radius 3 is 2.69 bits per heavy atom. The molecule has 0 N–H and O–H groups in total. The quantitative estimate of drug-likeness (QED) is 0.438. The van der Waals surface area contributed by atoms with Crippen molar-refractivity contribution in [3.05, 3.63) is 44.8 Å². The van der Waals surface area contributed by atoms with E-state index in [4.69, 9.17) is 9.15 Å². The van der Waals surface area contributed by atoms with Crippen molar-refractivity contribution in [2.45, 2.75) is 0 Å². The van der Waals surface area contributed by atoms with Crippen LogP contribution in [0.25, 0.3) is 11.0 Å². The molecule has 0 atom stereocenters. The molecule has 0 saturated heterocycles. The first-order valence-electron chi connectivity index (χ1n) is 4.38. The van der Waals surface area contributed by atoms with Crippen LogP contribution in [0.5, 0.6) is 5.75 Å². The topological polar surface area (TPSA) is 82.6 Å². The lowest BCUT2D eigenvalue weighted by Crippen LogP contribution is -1.98. The molecule has 1 aromatic carbocycles. The van der Waals surface area contributed by atoms with Crippen LogP contribution in [0.4, 0.5) is 5.69 Å². The maximum Gasteiger partial charge on any atom is 0.336 e. The summed E-state index contributed by atoms with van der Waals surface area (Å²) in [4.78, 5) is 21.2. The van der Waals surface area contributed by atoms with Gasteiger partial charge in [0.25, 0.3) is 5.69 Å². The standard InChI is InChI=1S/C10H7NO5/c1-15-8-4-3-7(11(13)14)6-2-5-9(12)16-10(6)8/h2-5H,1H3. The number of non-ortho nitro benzene ring substituents is 1. The van der Waals surface area contributed by atoms with E-state index in [0.29, 0.717) is 5.75 Å². The fourth-order valence-corrected chi connectivity index (χ4v) is 1.44. The molecule has 0 bridgehead atoms. The maximum atomic E-state index is 11.0. The third-order valence-corrected chi connectivity index (χ3v) is 2.14. The van der Waals surface area contributed by atoms with Crippen LogP contribution in [0.2, 0.25) is 0 Å². The number of hydrogen-bond acceptors (Lipinski definition) is 5. The number of nitrogens with zero attached hydrogens (tertiary/aromatic N) is 1. The third-order valence-electron chi connectivity index (χ3n) is 2.14.